The molecule has 1 saturated heterocycles. The van der Waals surface area contributed by atoms with E-state index >= 15 is 0 Å². The molecular weight excluding hydrogens is 216 g/mol. The number of hydrogen-bond acceptors (Lipinski definition) is 3. The average Bonchev–Trinajstić information content (AvgIpc) is 3.11. The van der Waals surface area contributed by atoms with E-state index in [1.54, 1.807) is 0 Å². The van der Waals surface area contributed by atoms with Crippen LogP contribution in [0, 0.1) is 5.92 Å². The molecule has 3 atom stereocenters. The van der Waals surface area contributed by atoms with Gasteiger partial charge in [0, 0.05) is 35.7 Å². The monoisotopic (exact) mass is 242 g/mol. The van der Waals surface area contributed by atoms with Crippen molar-refractivity contribution in [2.45, 2.75) is 56.9 Å². The Morgan fingerprint density at radius 3 is 2.56 bits per heavy atom. The van der Waals surface area contributed by atoms with E-state index in [0.29, 0.717) is 11.6 Å². The van der Waals surface area contributed by atoms with Crippen molar-refractivity contribution >= 4 is 11.8 Å². The molecule has 2 aliphatic rings. The second-order valence-corrected chi connectivity index (χ2v) is 6.93. The van der Waals surface area contributed by atoms with Gasteiger partial charge in [-0.2, -0.15) is 11.8 Å². The van der Waals surface area contributed by atoms with E-state index in [0.717, 1.165) is 17.7 Å². The molecule has 2 rings (SSSR count). The Bertz CT molecular complexity index is 236. The van der Waals surface area contributed by atoms with Gasteiger partial charge in [-0.3, -0.25) is 4.90 Å². The van der Waals surface area contributed by atoms with Gasteiger partial charge in [0.2, 0.25) is 0 Å². The van der Waals surface area contributed by atoms with Crippen LogP contribution in [0.2, 0.25) is 0 Å². The van der Waals surface area contributed by atoms with Gasteiger partial charge in [-0.25, -0.2) is 0 Å². The minimum atomic E-state index is 0.314. The summed E-state index contributed by atoms with van der Waals surface area (Å²) in [6.45, 7) is 9.16. The minimum absolute atomic E-state index is 0.314. The van der Waals surface area contributed by atoms with Crippen LogP contribution in [0.25, 0.3) is 0 Å². The van der Waals surface area contributed by atoms with E-state index in [1.807, 2.05) is 0 Å². The van der Waals surface area contributed by atoms with Crippen LogP contribution in [0.5, 0.6) is 0 Å². The van der Waals surface area contributed by atoms with Gasteiger partial charge in [0.1, 0.15) is 0 Å². The van der Waals surface area contributed by atoms with Crippen LogP contribution in [0.4, 0.5) is 0 Å². The van der Waals surface area contributed by atoms with Gasteiger partial charge in [-0.1, -0.05) is 13.8 Å². The SMILES string of the molecule is CCC(CN)(C1CC1)N1CCSC(C)C1C. The zero-order chi connectivity index (χ0) is 11.8. The fraction of sp³-hybridized carbons (Fsp3) is 1.00. The summed E-state index contributed by atoms with van der Waals surface area (Å²) in [5, 5.41) is 0.755. The molecule has 1 aliphatic heterocycles. The molecule has 1 aliphatic carbocycles. The van der Waals surface area contributed by atoms with Crippen LogP contribution in [-0.2, 0) is 0 Å². The molecular formula is C13H26N2S. The first kappa shape index (κ1) is 12.7. The van der Waals surface area contributed by atoms with Gasteiger partial charge in [0.25, 0.3) is 0 Å². The lowest BCUT2D eigenvalue weighted by Gasteiger charge is -2.50. The molecule has 0 spiro atoms. The van der Waals surface area contributed by atoms with E-state index in [-0.39, 0.29) is 0 Å². The third kappa shape index (κ3) is 2.02. The van der Waals surface area contributed by atoms with E-state index in [2.05, 4.69) is 37.4 Å². The number of thioether (sulfide) groups is 1. The molecule has 2 fully saturated rings. The molecule has 2 nitrogen and oxygen atoms in total. The highest BCUT2D eigenvalue weighted by molar-refractivity contribution is 8.00. The Labute approximate surface area is 104 Å². The largest absolute Gasteiger partial charge is 0.329 e. The molecule has 0 amide bonds. The highest BCUT2D eigenvalue weighted by atomic mass is 32.2. The molecule has 1 heterocycles. The highest BCUT2D eigenvalue weighted by Gasteiger charge is 2.49. The third-order valence-electron chi connectivity index (χ3n) is 4.76. The normalized spacial score (nSPS) is 36.0. The second-order valence-electron chi connectivity index (χ2n) is 5.45. The van der Waals surface area contributed by atoms with Crippen LogP contribution < -0.4 is 5.73 Å². The zero-order valence-corrected chi connectivity index (χ0v) is 11.7. The topological polar surface area (TPSA) is 29.3 Å². The molecule has 1 saturated carbocycles. The first-order chi connectivity index (χ1) is 7.65. The van der Waals surface area contributed by atoms with Crippen molar-refractivity contribution in [1.82, 2.24) is 4.90 Å². The maximum Gasteiger partial charge on any atom is 0.0360 e. The van der Waals surface area contributed by atoms with Gasteiger partial charge < -0.3 is 5.73 Å². The molecule has 3 heteroatoms. The van der Waals surface area contributed by atoms with Crippen molar-refractivity contribution in [3.8, 4) is 0 Å². The van der Waals surface area contributed by atoms with Crippen molar-refractivity contribution in [2.75, 3.05) is 18.8 Å². The molecule has 0 bridgehead atoms. The maximum atomic E-state index is 6.15. The lowest BCUT2D eigenvalue weighted by atomic mass is 9.86. The van der Waals surface area contributed by atoms with Gasteiger partial charge in [-0.15, -0.1) is 0 Å². The molecule has 0 aromatic rings. The van der Waals surface area contributed by atoms with Gasteiger partial charge in [0.15, 0.2) is 0 Å². The Balaban J connectivity index is 2.18. The van der Waals surface area contributed by atoms with Gasteiger partial charge >= 0.3 is 0 Å². The summed E-state index contributed by atoms with van der Waals surface area (Å²) >= 11 is 2.12. The Morgan fingerprint density at radius 1 is 1.38 bits per heavy atom. The van der Waals surface area contributed by atoms with Crippen LogP contribution in [0.15, 0.2) is 0 Å². The fourth-order valence-corrected chi connectivity index (χ4v) is 4.44. The second kappa shape index (κ2) is 4.87. The summed E-state index contributed by atoms with van der Waals surface area (Å²) in [6.07, 6.45) is 4.02. The number of rotatable bonds is 4. The predicted molar refractivity (Wildman–Crippen MR) is 72.9 cm³/mol. The molecule has 94 valence electrons. The summed E-state index contributed by atoms with van der Waals surface area (Å²) in [4.78, 5) is 2.74. The van der Waals surface area contributed by atoms with Gasteiger partial charge in [0.05, 0.1) is 0 Å². The van der Waals surface area contributed by atoms with Crippen molar-refractivity contribution in [3.63, 3.8) is 0 Å². The van der Waals surface area contributed by atoms with Crippen molar-refractivity contribution in [1.29, 1.82) is 0 Å². The van der Waals surface area contributed by atoms with Crippen LogP contribution in [0.3, 0.4) is 0 Å². The molecule has 0 aromatic heterocycles. The standard InChI is InChI=1S/C13H26N2S/c1-4-13(9-14,12-5-6-12)15-7-8-16-11(3)10(15)2/h10-12H,4-9,14H2,1-3H3. The summed E-state index contributed by atoms with van der Waals surface area (Å²) in [5.74, 6) is 2.15. The van der Waals surface area contributed by atoms with Crippen LogP contribution >= 0.6 is 11.8 Å². The lowest BCUT2D eigenvalue weighted by Crippen LogP contribution is -2.62. The van der Waals surface area contributed by atoms with Crippen molar-refractivity contribution in [2.24, 2.45) is 11.7 Å². The zero-order valence-electron chi connectivity index (χ0n) is 10.9. The molecule has 16 heavy (non-hydrogen) atoms. The summed E-state index contributed by atoms with van der Waals surface area (Å²) in [5.41, 5.74) is 6.46. The smallest absolute Gasteiger partial charge is 0.0360 e. The van der Waals surface area contributed by atoms with Crippen molar-refractivity contribution < 1.29 is 0 Å². The predicted octanol–water partition coefficient (Wildman–Crippen LogP) is 2.33. The number of nitrogens with zero attached hydrogens (tertiary/aromatic N) is 1. The van der Waals surface area contributed by atoms with E-state index in [4.69, 9.17) is 5.73 Å². The average molecular weight is 242 g/mol. The van der Waals surface area contributed by atoms with Crippen LogP contribution in [0.1, 0.15) is 40.0 Å². The molecule has 2 N–H and O–H groups in total. The Kier molecular flexibility index (Phi) is 3.87. The molecule has 0 aromatic carbocycles. The summed E-state index contributed by atoms with van der Waals surface area (Å²) < 4.78 is 0. The van der Waals surface area contributed by atoms with E-state index < -0.39 is 0 Å². The Morgan fingerprint density at radius 2 is 2.06 bits per heavy atom. The highest BCUT2D eigenvalue weighted by Crippen LogP contribution is 2.47. The first-order valence-electron chi connectivity index (χ1n) is 6.74. The first-order valence-corrected chi connectivity index (χ1v) is 7.79. The van der Waals surface area contributed by atoms with Crippen molar-refractivity contribution in [3.05, 3.63) is 0 Å². The van der Waals surface area contributed by atoms with Crippen LogP contribution in [-0.4, -0.2) is 40.6 Å². The maximum absolute atomic E-state index is 6.15. The lowest BCUT2D eigenvalue weighted by molar-refractivity contribution is 0.0354. The fourth-order valence-electron chi connectivity index (χ4n) is 3.34. The number of hydrogen-bond donors (Lipinski definition) is 1. The number of nitrogens with two attached hydrogens (primary N) is 1. The van der Waals surface area contributed by atoms with E-state index in [1.165, 1.54) is 31.6 Å². The van der Waals surface area contributed by atoms with Gasteiger partial charge in [-0.05, 0) is 32.1 Å². The summed E-state index contributed by atoms with van der Waals surface area (Å²) in [7, 11) is 0. The summed E-state index contributed by atoms with van der Waals surface area (Å²) in [6, 6.07) is 0.683. The minimum Gasteiger partial charge on any atom is -0.329 e. The quantitative estimate of drug-likeness (QED) is 0.820. The molecule has 0 radical (unpaired) electrons. The third-order valence-corrected chi connectivity index (χ3v) is 6.10. The molecule has 3 unspecified atom stereocenters. The Hall–Kier alpha value is 0.270. The van der Waals surface area contributed by atoms with E-state index in [9.17, 15) is 0 Å².